The fourth-order valence-corrected chi connectivity index (χ4v) is 2.79. The van der Waals surface area contributed by atoms with E-state index >= 15 is 0 Å². The van der Waals surface area contributed by atoms with Gasteiger partial charge in [0, 0.05) is 12.2 Å². The fraction of sp³-hybridized carbons (Fsp3) is 0.500. The van der Waals surface area contributed by atoms with Gasteiger partial charge in [0.1, 0.15) is 12.2 Å². The van der Waals surface area contributed by atoms with E-state index in [1.807, 2.05) is 13.8 Å². The van der Waals surface area contributed by atoms with Crippen LogP contribution in [0.4, 0.5) is 13.2 Å². The molecule has 172 valence electrons. The largest absolute Gasteiger partial charge is 0.466 e. The van der Waals surface area contributed by atoms with Crippen LogP contribution in [0.1, 0.15) is 57.6 Å². The van der Waals surface area contributed by atoms with Crippen LogP contribution in [0.2, 0.25) is 0 Å². The van der Waals surface area contributed by atoms with Crippen molar-refractivity contribution in [3.63, 3.8) is 0 Å². The van der Waals surface area contributed by atoms with Crippen LogP contribution in [0.15, 0.2) is 36.4 Å². The molecule has 1 saturated carbocycles. The minimum Gasteiger partial charge on any atom is -0.466 e. The maximum Gasteiger partial charge on any atom is 0.416 e. The molecule has 0 spiro atoms. The Labute approximate surface area is 179 Å². The van der Waals surface area contributed by atoms with E-state index in [4.69, 9.17) is 9.47 Å². The summed E-state index contributed by atoms with van der Waals surface area (Å²) in [5, 5.41) is 0. The molecule has 0 saturated heterocycles. The van der Waals surface area contributed by atoms with Gasteiger partial charge in [-0.15, -0.1) is 0 Å². The average Bonchev–Trinajstić information content (AvgIpc) is 2.70. The van der Waals surface area contributed by atoms with Crippen molar-refractivity contribution >= 4 is 17.9 Å². The topological polar surface area (TPSA) is 78.9 Å². The number of hydrogen-bond acceptors (Lipinski definition) is 6. The summed E-state index contributed by atoms with van der Waals surface area (Å²) in [6, 6.07) is 4.48. The molecule has 0 unspecified atom stereocenters. The van der Waals surface area contributed by atoms with E-state index in [9.17, 15) is 27.6 Å². The maximum atomic E-state index is 12.7. The molecule has 0 bridgehead atoms. The van der Waals surface area contributed by atoms with Gasteiger partial charge in [0.25, 0.3) is 0 Å². The van der Waals surface area contributed by atoms with Crippen LogP contribution in [0.5, 0.6) is 0 Å². The van der Waals surface area contributed by atoms with E-state index in [2.05, 4.69) is 4.74 Å². The predicted octanol–water partition coefficient (Wildman–Crippen LogP) is 4.71. The highest BCUT2D eigenvalue weighted by molar-refractivity contribution is 5.92. The van der Waals surface area contributed by atoms with E-state index in [1.165, 1.54) is 12.1 Å². The number of halogens is 3. The van der Waals surface area contributed by atoms with Crippen molar-refractivity contribution in [2.45, 2.75) is 58.2 Å². The Bertz CT molecular complexity index is 764. The van der Waals surface area contributed by atoms with Gasteiger partial charge < -0.3 is 14.2 Å². The number of benzene rings is 1. The van der Waals surface area contributed by atoms with E-state index in [1.54, 1.807) is 6.92 Å². The molecule has 2 rings (SSSR count). The molecule has 1 aromatic rings. The van der Waals surface area contributed by atoms with Gasteiger partial charge in [0.15, 0.2) is 0 Å². The van der Waals surface area contributed by atoms with Gasteiger partial charge in [-0.2, -0.15) is 13.2 Å². The van der Waals surface area contributed by atoms with Crippen LogP contribution in [0.25, 0.3) is 0 Å². The van der Waals surface area contributed by atoms with Gasteiger partial charge in [0.2, 0.25) is 0 Å². The van der Waals surface area contributed by atoms with Crippen molar-refractivity contribution in [3.8, 4) is 0 Å². The second kappa shape index (κ2) is 12.1. The highest BCUT2D eigenvalue weighted by atomic mass is 19.4. The lowest BCUT2D eigenvalue weighted by Crippen LogP contribution is -2.38. The second-order valence-corrected chi connectivity index (χ2v) is 6.40. The summed E-state index contributed by atoms with van der Waals surface area (Å²) in [5.74, 6) is -2.15. The Morgan fingerprint density at radius 1 is 1.00 bits per heavy atom. The zero-order chi connectivity index (χ0) is 23.5. The molecule has 0 aliphatic heterocycles. The van der Waals surface area contributed by atoms with E-state index < -0.39 is 35.2 Å². The average molecular weight is 444 g/mol. The molecule has 0 atom stereocenters. The van der Waals surface area contributed by atoms with Gasteiger partial charge in [-0.3, -0.25) is 4.79 Å². The molecule has 1 aliphatic rings. The summed E-state index contributed by atoms with van der Waals surface area (Å²) in [7, 11) is 0. The van der Waals surface area contributed by atoms with Crippen LogP contribution < -0.4 is 0 Å². The standard InChI is InChI=1S/C20H21F3O6.C2H6/c1-2-27-17(25)10-13-28-16(24)8-9-18(26)29-19(11-3-12-19)14-4-6-15(7-5-14)20(21,22)23;1-2/h4-9H,2-3,10-13H2,1H3;1-2H3/b9-8+;. The lowest BCUT2D eigenvalue weighted by atomic mass is 9.74. The Morgan fingerprint density at radius 2 is 1.58 bits per heavy atom. The predicted molar refractivity (Wildman–Crippen MR) is 106 cm³/mol. The third-order valence-electron chi connectivity index (χ3n) is 4.41. The SMILES string of the molecule is CC.CCOC(=O)CCOC(=O)/C=C/C(=O)OC1(c2ccc(C(F)(F)F)cc2)CCC1. The van der Waals surface area contributed by atoms with Gasteiger partial charge in [-0.1, -0.05) is 26.0 Å². The highest BCUT2D eigenvalue weighted by Crippen LogP contribution is 2.45. The molecular weight excluding hydrogens is 417 g/mol. The van der Waals surface area contributed by atoms with Crippen molar-refractivity contribution in [2.75, 3.05) is 13.2 Å². The van der Waals surface area contributed by atoms with Crippen molar-refractivity contribution < 1.29 is 41.8 Å². The smallest absolute Gasteiger partial charge is 0.416 e. The molecular formula is C22H27F3O6. The third kappa shape index (κ3) is 8.07. The van der Waals surface area contributed by atoms with E-state index in [0.29, 0.717) is 18.4 Å². The van der Waals surface area contributed by atoms with Crippen molar-refractivity contribution in [3.05, 3.63) is 47.5 Å². The third-order valence-corrected chi connectivity index (χ3v) is 4.41. The number of carbonyl (C=O) groups excluding carboxylic acids is 3. The number of esters is 3. The first kappa shape index (κ1) is 26.2. The summed E-state index contributed by atoms with van der Waals surface area (Å²) in [5.41, 5.74) is -1.32. The first-order valence-corrected chi connectivity index (χ1v) is 10.1. The normalized spacial score (nSPS) is 14.6. The molecule has 9 heteroatoms. The molecule has 0 N–H and O–H groups in total. The summed E-state index contributed by atoms with van der Waals surface area (Å²) >= 11 is 0. The minimum atomic E-state index is -4.45. The van der Waals surface area contributed by atoms with Gasteiger partial charge in [-0.25, -0.2) is 9.59 Å². The lowest BCUT2D eigenvalue weighted by molar-refractivity contribution is -0.165. The Kier molecular flexibility index (Phi) is 10.2. The lowest BCUT2D eigenvalue weighted by Gasteiger charge is -2.41. The van der Waals surface area contributed by atoms with E-state index in [-0.39, 0.29) is 19.6 Å². The number of rotatable bonds is 8. The maximum absolute atomic E-state index is 12.7. The monoisotopic (exact) mass is 444 g/mol. The van der Waals surface area contributed by atoms with Crippen LogP contribution in [-0.4, -0.2) is 31.1 Å². The Morgan fingerprint density at radius 3 is 2.06 bits per heavy atom. The quantitative estimate of drug-likeness (QED) is 0.328. The van der Waals surface area contributed by atoms with Crippen LogP contribution in [0.3, 0.4) is 0 Å². The Balaban J connectivity index is 0.00000233. The zero-order valence-electron chi connectivity index (χ0n) is 17.8. The summed E-state index contributed by atoms with van der Waals surface area (Å²) in [6.07, 6.45) is -1.09. The van der Waals surface area contributed by atoms with Crippen molar-refractivity contribution in [1.29, 1.82) is 0 Å². The first-order valence-electron chi connectivity index (χ1n) is 10.1. The minimum absolute atomic E-state index is 0.102. The molecule has 0 aromatic heterocycles. The van der Waals surface area contributed by atoms with Crippen molar-refractivity contribution in [1.82, 2.24) is 0 Å². The molecule has 1 aliphatic carbocycles. The van der Waals surface area contributed by atoms with Gasteiger partial charge in [0.05, 0.1) is 18.6 Å². The number of hydrogen-bond donors (Lipinski definition) is 0. The number of carbonyl (C=O) groups is 3. The first-order chi connectivity index (χ1) is 14.7. The second-order valence-electron chi connectivity index (χ2n) is 6.40. The van der Waals surface area contributed by atoms with Crippen LogP contribution in [0, 0.1) is 0 Å². The zero-order valence-corrected chi connectivity index (χ0v) is 17.8. The van der Waals surface area contributed by atoms with Crippen LogP contribution in [-0.2, 0) is 40.4 Å². The van der Waals surface area contributed by atoms with Crippen LogP contribution >= 0.6 is 0 Å². The molecule has 0 radical (unpaired) electrons. The van der Waals surface area contributed by atoms with E-state index in [0.717, 1.165) is 30.7 Å². The molecule has 1 fully saturated rings. The summed E-state index contributed by atoms with van der Waals surface area (Å²) < 4.78 is 53.0. The fourth-order valence-electron chi connectivity index (χ4n) is 2.79. The molecule has 6 nitrogen and oxygen atoms in total. The summed E-state index contributed by atoms with van der Waals surface area (Å²) in [4.78, 5) is 34.7. The molecule has 31 heavy (non-hydrogen) atoms. The number of alkyl halides is 3. The van der Waals surface area contributed by atoms with Gasteiger partial charge in [-0.05, 0) is 43.9 Å². The molecule has 0 amide bonds. The molecule has 0 heterocycles. The molecule has 1 aromatic carbocycles. The Hall–Kier alpha value is -2.84. The van der Waals surface area contributed by atoms with Gasteiger partial charge >= 0.3 is 24.1 Å². The number of ether oxygens (including phenoxy) is 3. The van der Waals surface area contributed by atoms with Crippen molar-refractivity contribution in [2.24, 2.45) is 0 Å². The highest BCUT2D eigenvalue weighted by Gasteiger charge is 2.42. The summed E-state index contributed by atoms with van der Waals surface area (Å²) in [6.45, 7) is 5.68.